The Morgan fingerprint density at radius 2 is 1.85 bits per heavy atom. The van der Waals surface area contributed by atoms with Gasteiger partial charge in [-0.15, -0.1) is 0 Å². The number of anilines is 1. The molecule has 0 spiro atoms. The molecule has 2 heterocycles. The van der Waals surface area contributed by atoms with E-state index in [0.717, 1.165) is 28.6 Å². The second-order valence-electron chi connectivity index (χ2n) is 7.03. The molecule has 2 aromatic carbocycles. The lowest BCUT2D eigenvalue weighted by Gasteiger charge is -2.33. The van der Waals surface area contributed by atoms with E-state index in [2.05, 4.69) is 22.0 Å². The summed E-state index contributed by atoms with van der Waals surface area (Å²) in [4.78, 5) is 15.3. The summed E-state index contributed by atoms with van der Waals surface area (Å²) in [6, 6.07) is 14.4. The van der Waals surface area contributed by atoms with Gasteiger partial charge in [0, 0.05) is 29.8 Å². The van der Waals surface area contributed by atoms with Crippen LogP contribution in [0.25, 0.3) is 0 Å². The average Bonchev–Trinajstić information content (AvgIpc) is 3.11. The molecule has 0 saturated carbocycles. The van der Waals surface area contributed by atoms with Crippen LogP contribution in [0.3, 0.4) is 0 Å². The van der Waals surface area contributed by atoms with E-state index in [1.54, 1.807) is 30.3 Å². The van der Waals surface area contributed by atoms with Gasteiger partial charge in [0.05, 0.1) is 10.8 Å². The number of sulfonamides is 1. The van der Waals surface area contributed by atoms with Gasteiger partial charge in [0.1, 0.15) is 0 Å². The highest BCUT2D eigenvalue weighted by atomic mass is 79.9. The SMILES string of the molecule is O=C([C@@H]1CCCN(S(=O)(=O)c2ccccc2)C1)N1CCc2cc(Br)ccc21. The monoisotopic (exact) mass is 448 g/mol. The summed E-state index contributed by atoms with van der Waals surface area (Å²) in [5.41, 5.74) is 2.11. The fourth-order valence-corrected chi connectivity index (χ4v) is 5.88. The van der Waals surface area contributed by atoms with Crippen molar-refractivity contribution in [2.45, 2.75) is 24.2 Å². The molecule has 0 aliphatic carbocycles. The van der Waals surface area contributed by atoms with Gasteiger partial charge < -0.3 is 4.90 Å². The van der Waals surface area contributed by atoms with Gasteiger partial charge in [-0.2, -0.15) is 4.31 Å². The third kappa shape index (κ3) is 3.56. The van der Waals surface area contributed by atoms with E-state index >= 15 is 0 Å². The summed E-state index contributed by atoms with van der Waals surface area (Å²) in [6.45, 7) is 1.37. The molecule has 142 valence electrons. The second-order valence-corrected chi connectivity index (χ2v) is 9.88. The number of fused-ring (bicyclic) bond motifs is 1. The molecule has 7 heteroatoms. The molecule has 27 heavy (non-hydrogen) atoms. The number of carbonyl (C=O) groups is 1. The lowest BCUT2D eigenvalue weighted by Crippen LogP contribution is -2.46. The number of piperidine rings is 1. The molecule has 1 fully saturated rings. The molecule has 0 radical (unpaired) electrons. The molecule has 1 atom stereocenters. The fraction of sp³-hybridized carbons (Fsp3) is 0.350. The molecular weight excluding hydrogens is 428 g/mol. The van der Waals surface area contributed by atoms with Crippen molar-refractivity contribution in [3.05, 3.63) is 58.6 Å². The minimum Gasteiger partial charge on any atom is -0.312 e. The molecule has 1 amide bonds. The summed E-state index contributed by atoms with van der Waals surface area (Å²) in [7, 11) is -3.56. The standard InChI is InChI=1S/C20H21BrN2O3S/c21-17-8-9-19-15(13-17)10-12-23(19)20(24)16-5-4-11-22(14-16)27(25,26)18-6-2-1-3-7-18/h1-3,6-9,13,16H,4-5,10-12,14H2/t16-/m1/s1. The van der Waals surface area contributed by atoms with Crippen LogP contribution in [-0.4, -0.2) is 38.3 Å². The Balaban J connectivity index is 1.53. The number of amides is 1. The van der Waals surface area contributed by atoms with Crippen LogP contribution in [0.15, 0.2) is 57.9 Å². The van der Waals surface area contributed by atoms with Crippen LogP contribution in [0.4, 0.5) is 5.69 Å². The minimum atomic E-state index is -3.56. The van der Waals surface area contributed by atoms with Crippen molar-refractivity contribution in [2.75, 3.05) is 24.5 Å². The van der Waals surface area contributed by atoms with Crippen molar-refractivity contribution in [1.82, 2.24) is 4.31 Å². The fourth-order valence-electron chi connectivity index (χ4n) is 3.92. The number of hydrogen-bond acceptors (Lipinski definition) is 3. The molecule has 2 aliphatic heterocycles. The summed E-state index contributed by atoms with van der Waals surface area (Å²) < 4.78 is 28.3. The van der Waals surface area contributed by atoms with Crippen LogP contribution in [0.1, 0.15) is 18.4 Å². The van der Waals surface area contributed by atoms with E-state index in [0.29, 0.717) is 19.5 Å². The van der Waals surface area contributed by atoms with Crippen molar-refractivity contribution < 1.29 is 13.2 Å². The van der Waals surface area contributed by atoms with Crippen molar-refractivity contribution in [3.8, 4) is 0 Å². The Morgan fingerprint density at radius 3 is 2.63 bits per heavy atom. The first-order valence-corrected chi connectivity index (χ1v) is 11.3. The molecule has 4 rings (SSSR count). The highest BCUT2D eigenvalue weighted by Gasteiger charge is 2.36. The van der Waals surface area contributed by atoms with Gasteiger partial charge in [0.15, 0.2) is 0 Å². The Hall–Kier alpha value is -1.70. The predicted molar refractivity (Wildman–Crippen MR) is 108 cm³/mol. The van der Waals surface area contributed by atoms with E-state index in [1.807, 2.05) is 17.0 Å². The first kappa shape index (κ1) is 18.7. The molecule has 0 aromatic heterocycles. The highest BCUT2D eigenvalue weighted by Crippen LogP contribution is 2.33. The van der Waals surface area contributed by atoms with E-state index in [1.165, 1.54) is 4.31 Å². The van der Waals surface area contributed by atoms with Crippen LogP contribution < -0.4 is 4.90 Å². The number of halogens is 1. The third-order valence-corrected chi connectivity index (χ3v) is 7.69. The van der Waals surface area contributed by atoms with E-state index in [-0.39, 0.29) is 23.3 Å². The van der Waals surface area contributed by atoms with Gasteiger partial charge in [-0.3, -0.25) is 4.79 Å². The molecule has 0 unspecified atom stereocenters. The normalized spacial score (nSPS) is 20.5. The molecule has 5 nitrogen and oxygen atoms in total. The van der Waals surface area contributed by atoms with Gasteiger partial charge in [0.2, 0.25) is 15.9 Å². The van der Waals surface area contributed by atoms with Gasteiger partial charge in [-0.25, -0.2) is 8.42 Å². The zero-order chi connectivity index (χ0) is 19.0. The van der Waals surface area contributed by atoms with Crippen LogP contribution in [0.5, 0.6) is 0 Å². The van der Waals surface area contributed by atoms with E-state index in [4.69, 9.17) is 0 Å². The predicted octanol–water partition coefficient (Wildman–Crippen LogP) is 3.44. The topological polar surface area (TPSA) is 57.7 Å². The zero-order valence-corrected chi connectivity index (χ0v) is 17.2. The summed E-state index contributed by atoms with van der Waals surface area (Å²) in [5.74, 6) is -0.268. The van der Waals surface area contributed by atoms with Crippen LogP contribution in [-0.2, 0) is 21.2 Å². The van der Waals surface area contributed by atoms with Gasteiger partial charge in [-0.05, 0) is 55.2 Å². The van der Waals surface area contributed by atoms with E-state index < -0.39 is 10.0 Å². The van der Waals surface area contributed by atoms with Crippen LogP contribution in [0.2, 0.25) is 0 Å². The smallest absolute Gasteiger partial charge is 0.243 e. The first-order chi connectivity index (χ1) is 13.0. The number of rotatable bonds is 3. The quantitative estimate of drug-likeness (QED) is 0.722. The van der Waals surface area contributed by atoms with Crippen molar-refractivity contribution in [2.24, 2.45) is 5.92 Å². The third-order valence-electron chi connectivity index (χ3n) is 5.32. The zero-order valence-electron chi connectivity index (χ0n) is 14.8. The van der Waals surface area contributed by atoms with Gasteiger partial charge in [0.25, 0.3) is 0 Å². The first-order valence-electron chi connectivity index (χ1n) is 9.12. The van der Waals surface area contributed by atoms with Gasteiger partial charge in [-0.1, -0.05) is 34.1 Å². The lowest BCUT2D eigenvalue weighted by atomic mass is 9.98. The number of nitrogens with zero attached hydrogens (tertiary/aromatic N) is 2. The Kier molecular flexibility index (Phi) is 5.09. The second kappa shape index (κ2) is 7.37. The molecule has 1 saturated heterocycles. The molecule has 0 N–H and O–H groups in total. The Bertz CT molecular complexity index is 962. The Morgan fingerprint density at radius 1 is 1.07 bits per heavy atom. The van der Waals surface area contributed by atoms with Crippen LogP contribution >= 0.6 is 15.9 Å². The average molecular weight is 449 g/mol. The van der Waals surface area contributed by atoms with E-state index in [9.17, 15) is 13.2 Å². The maximum Gasteiger partial charge on any atom is 0.243 e. The minimum absolute atomic E-state index is 0.0315. The number of hydrogen-bond donors (Lipinski definition) is 0. The highest BCUT2D eigenvalue weighted by molar-refractivity contribution is 9.10. The molecule has 2 aliphatic rings. The summed E-state index contributed by atoms with van der Waals surface area (Å²) in [6.07, 6.45) is 2.25. The molecular formula is C20H21BrN2O3S. The number of benzene rings is 2. The van der Waals surface area contributed by atoms with Gasteiger partial charge >= 0.3 is 0 Å². The van der Waals surface area contributed by atoms with Crippen molar-refractivity contribution >= 4 is 37.5 Å². The Labute approximate surface area is 168 Å². The molecule has 2 aromatic rings. The maximum absolute atomic E-state index is 13.1. The summed E-state index contributed by atoms with van der Waals surface area (Å²) >= 11 is 3.47. The maximum atomic E-state index is 13.1. The van der Waals surface area contributed by atoms with Crippen LogP contribution in [0, 0.1) is 5.92 Å². The summed E-state index contributed by atoms with van der Waals surface area (Å²) in [5, 5.41) is 0. The lowest BCUT2D eigenvalue weighted by molar-refractivity contribution is -0.123. The van der Waals surface area contributed by atoms with Crippen molar-refractivity contribution in [3.63, 3.8) is 0 Å². The molecule has 0 bridgehead atoms. The van der Waals surface area contributed by atoms with Crippen molar-refractivity contribution in [1.29, 1.82) is 0 Å². The number of carbonyl (C=O) groups excluding carboxylic acids is 1. The largest absolute Gasteiger partial charge is 0.312 e.